The first-order chi connectivity index (χ1) is 10.9. The number of carbonyl (C=O) groups is 2. The van der Waals surface area contributed by atoms with Gasteiger partial charge in [-0.2, -0.15) is 5.10 Å². The second-order valence-electron chi connectivity index (χ2n) is 5.30. The lowest BCUT2D eigenvalue weighted by Crippen LogP contribution is -2.31. The zero-order valence-electron chi connectivity index (χ0n) is 13.1. The molecule has 122 valence electrons. The van der Waals surface area contributed by atoms with Crippen molar-refractivity contribution in [2.24, 2.45) is 0 Å². The molecule has 0 radical (unpaired) electrons. The van der Waals surface area contributed by atoms with E-state index in [1.54, 1.807) is 41.2 Å². The van der Waals surface area contributed by atoms with Gasteiger partial charge in [-0.3, -0.25) is 4.79 Å². The number of aromatic nitrogens is 2. The Labute approximate surface area is 143 Å². The summed E-state index contributed by atoms with van der Waals surface area (Å²) in [6, 6.07) is 8.54. The van der Waals surface area contributed by atoms with Gasteiger partial charge >= 0.3 is 5.97 Å². The van der Waals surface area contributed by atoms with Crippen LogP contribution in [0.1, 0.15) is 37.2 Å². The van der Waals surface area contributed by atoms with Crippen molar-refractivity contribution in [1.82, 2.24) is 9.78 Å². The molecule has 0 saturated carbocycles. The summed E-state index contributed by atoms with van der Waals surface area (Å²) in [5.74, 6) is -0.382. The lowest BCUT2D eigenvalue weighted by Gasteiger charge is -2.15. The summed E-state index contributed by atoms with van der Waals surface area (Å²) < 4.78 is 7.74. The highest BCUT2D eigenvalue weighted by molar-refractivity contribution is 9.10. The van der Waals surface area contributed by atoms with E-state index in [4.69, 9.17) is 4.74 Å². The smallest absolute Gasteiger partial charge is 0.338 e. The van der Waals surface area contributed by atoms with Crippen LogP contribution in [0.4, 0.5) is 5.82 Å². The largest absolute Gasteiger partial charge is 0.449 e. The third kappa shape index (κ3) is 4.41. The van der Waals surface area contributed by atoms with Crippen molar-refractivity contribution in [2.75, 3.05) is 5.32 Å². The van der Waals surface area contributed by atoms with Crippen LogP contribution in [0.15, 0.2) is 41.0 Å². The van der Waals surface area contributed by atoms with Crippen molar-refractivity contribution < 1.29 is 14.3 Å². The van der Waals surface area contributed by atoms with Crippen LogP contribution in [-0.2, 0) is 9.53 Å². The van der Waals surface area contributed by atoms with E-state index >= 15 is 0 Å². The Kier molecular flexibility index (Phi) is 5.54. The van der Waals surface area contributed by atoms with Crippen LogP contribution in [0.3, 0.4) is 0 Å². The van der Waals surface area contributed by atoms with Gasteiger partial charge in [-0.15, -0.1) is 0 Å². The second-order valence-corrected chi connectivity index (χ2v) is 6.21. The fourth-order valence-electron chi connectivity index (χ4n) is 1.92. The van der Waals surface area contributed by atoms with Gasteiger partial charge < -0.3 is 10.1 Å². The van der Waals surface area contributed by atoms with Crippen LogP contribution in [0, 0.1) is 0 Å². The predicted octanol–water partition coefficient (Wildman–Crippen LogP) is 3.41. The molecule has 2 aromatic rings. The Balaban J connectivity index is 1.98. The normalized spacial score (nSPS) is 12.0. The van der Waals surface area contributed by atoms with Crippen molar-refractivity contribution >= 4 is 33.6 Å². The van der Waals surface area contributed by atoms with Crippen LogP contribution in [-0.4, -0.2) is 27.8 Å². The van der Waals surface area contributed by atoms with Gasteiger partial charge in [0.05, 0.1) is 11.8 Å². The number of halogens is 1. The van der Waals surface area contributed by atoms with Crippen molar-refractivity contribution in [2.45, 2.75) is 32.9 Å². The van der Waals surface area contributed by atoms with Gasteiger partial charge in [0.15, 0.2) is 6.10 Å². The number of esters is 1. The van der Waals surface area contributed by atoms with E-state index < -0.39 is 18.0 Å². The fourth-order valence-corrected chi connectivity index (χ4v) is 2.19. The van der Waals surface area contributed by atoms with Gasteiger partial charge in [-0.05, 0) is 45.0 Å². The molecule has 1 amide bonds. The maximum absolute atomic E-state index is 12.2. The minimum absolute atomic E-state index is 0.112. The number of benzene rings is 1. The van der Waals surface area contributed by atoms with Crippen LogP contribution in [0.5, 0.6) is 0 Å². The molecule has 6 nitrogen and oxygen atoms in total. The molecule has 0 bridgehead atoms. The van der Waals surface area contributed by atoms with Gasteiger partial charge in [0, 0.05) is 16.6 Å². The summed E-state index contributed by atoms with van der Waals surface area (Å²) in [4.78, 5) is 24.2. The molecule has 1 atom stereocenters. The highest BCUT2D eigenvalue weighted by atomic mass is 79.9. The molecule has 0 aliphatic rings. The summed E-state index contributed by atoms with van der Waals surface area (Å²) in [7, 11) is 0. The van der Waals surface area contributed by atoms with E-state index in [2.05, 4.69) is 26.3 Å². The fraction of sp³-hybridized carbons (Fsp3) is 0.312. The van der Waals surface area contributed by atoms with E-state index in [0.717, 1.165) is 4.47 Å². The van der Waals surface area contributed by atoms with E-state index in [9.17, 15) is 9.59 Å². The third-order valence-corrected chi connectivity index (χ3v) is 3.67. The Bertz CT molecular complexity index is 695. The molecule has 1 aromatic heterocycles. The number of rotatable bonds is 5. The number of anilines is 1. The van der Waals surface area contributed by atoms with Gasteiger partial charge in [0.2, 0.25) is 0 Å². The van der Waals surface area contributed by atoms with Crippen LogP contribution >= 0.6 is 15.9 Å². The van der Waals surface area contributed by atoms with Crippen molar-refractivity contribution in [3.05, 3.63) is 46.6 Å². The standard InChI is InChI=1S/C16H18BrN3O3/c1-10(2)20-14(8-9-18-20)19-15(21)11(3)23-16(22)12-4-6-13(17)7-5-12/h4-11H,1-3H3,(H,19,21)/t11-/m1/s1. The van der Waals surface area contributed by atoms with Crippen molar-refractivity contribution in [1.29, 1.82) is 0 Å². The van der Waals surface area contributed by atoms with Crippen LogP contribution < -0.4 is 5.32 Å². The number of amides is 1. The zero-order valence-corrected chi connectivity index (χ0v) is 14.7. The molecule has 0 aliphatic heterocycles. The Morgan fingerprint density at radius 2 is 1.83 bits per heavy atom. The van der Waals surface area contributed by atoms with Gasteiger partial charge in [0.1, 0.15) is 5.82 Å². The maximum atomic E-state index is 12.2. The molecule has 1 aromatic carbocycles. The summed E-state index contributed by atoms with van der Waals surface area (Å²) in [5.41, 5.74) is 0.389. The zero-order chi connectivity index (χ0) is 17.0. The SMILES string of the molecule is CC(C)n1nccc1NC(=O)[C@@H](C)OC(=O)c1ccc(Br)cc1. The van der Waals surface area contributed by atoms with E-state index in [1.807, 2.05) is 13.8 Å². The molecular formula is C16H18BrN3O3. The Morgan fingerprint density at radius 1 is 1.17 bits per heavy atom. The number of nitrogens with zero attached hydrogens (tertiary/aromatic N) is 2. The highest BCUT2D eigenvalue weighted by Crippen LogP contribution is 2.15. The highest BCUT2D eigenvalue weighted by Gasteiger charge is 2.20. The first-order valence-electron chi connectivity index (χ1n) is 7.19. The summed E-state index contributed by atoms with van der Waals surface area (Å²) >= 11 is 3.30. The Hall–Kier alpha value is -2.15. The number of carbonyl (C=O) groups excluding carboxylic acids is 2. The molecule has 0 spiro atoms. The topological polar surface area (TPSA) is 73.2 Å². The van der Waals surface area contributed by atoms with Crippen molar-refractivity contribution in [3.8, 4) is 0 Å². The average molecular weight is 380 g/mol. The molecule has 23 heavy (non-hydrogen) atoms. The summed E-state index contributed by atoms with van der Waals surface area (Å²) in [6.45, 7) is 5.45. The second kappa shape index (κ2) is 7.41. The number of nitrogens with one attached hydrogen (secondary N) is 1. The first kappa shape index (κ1) is 17.2. The lowest BCUT2D eigenvalue weighted by atomic mass is 10.2. The Morgan fingerprint density at radius 3 is 2.43 bits per heavy atom. The molecule has 0 saturated heterocycles. The lowest BCUT2D eigenvalue weighted by molar-refractivity contribution is -0.123. The third-order valence-electron chi connectivity index (χ3n) is 3.14. The molecule has 2 rings (SSSR count). The van der Waals surface area contributed by atoms with Crippen molar-refractivity contribution in [3.63, 3.8) is 0 Å². The van der Waals surface area contributed by atoms with Gasteiger partial charge in [-0.1, -0.05) is 15.9 Å². The monoisotopic (exact) mass is 379 g/mol. The molecule has 0 unspecified atom stereocenters. The number of hydrogen-bond acceptors (Lipinski definition) is 4. The maximum Gasteiger partial charge on any atom is 0.338 e. The minimum atomic E-state index is -0.915. The molecule has 1 N–H and O–H groups in total. The molecule has 7 heteroatoms. The molecular weight excluding hydrogens is 362 g/mol. The van der Waals surface area contributed by atoms with E-state index in [1.165, 1.54) is 6.92 Å². The van der Waals surface area contributed by atoms with E-state index in [0.29, 0.717) is 11.4 Å². The van der Waals surface area contributed by atoms with Gasteiger partial charge in [0.25, 0.3) is 5.91 Å². The first-order valence-corrected chi connectivity index (χ1v) is 7.98. The number of hydrogen-bond donors (Lipinski definition) is 1. The predicted molar refractivity (Wildman–Crippen MR) is 90.3 cm³/mol. The minimum Gasteiger partial charge on any atom is -0.449 e. The van der Waals surface area contributed by atoms with Crippen LogP contribution in [0.2, 0.25) is 0 Å². The summed E-state index contributed by atoms with van der Waals surface area (Å²) in [5, 5.41) is 6.85. The molecule has 0 aliphatic carbocycles. The summed E-state index contributed by atoms with van der Waals surface area (Å²) in [6.07, 6.45) is 0.690. The number of ether oxygens (including phenoxy) is 1. The van der Waals surface area contributed by atoms with Crippen LogP contribution in [0.25, 0.3) is 0 Å². The quantitative estimate of drug-likeness (QED) is 0.807. The van der Waals surface area contributed by atoms with E-state index in [-0.39, 0.29) is 6.04 Å². The van der Waals surface area contributed by atoms with Gasteiger partial charge in [-0.25, -0.2) is 9.48 Å². The molecule has 0 fully saturated rings. The molecule has 1 heterocycles. The average Bonchev–Trinajstić information content (AvgIpc) is 2.96.